The van der Waals surface area contributed by atoms with Crippen molar-refractivity contribution in [2.75, 3.05) is 13.1 Å². The Morgan fingerprint density at radius 1 is 1.10 bits per heavy atom. The number of piperidine rings is 1. The summed E-state index contributed by atoms with van der Waals surface area (Å²) in [7, 11) is 0. The fourth-order valence-corrected chi connectivity index (χ4v) is 4.73. The van der Waals surface area contributed by atoms with Crippen molar-refractivity contribution in [1.82, 2.24) is 19.7 Å². The second-order valence-electron chi connectivity index (χ2n) is 7.53. The molecule has 0 aliphatic carbocycles. The van der Waals surface area contributed by atoms with Crippen LogP contribution in [-0.2, 0) is 5.75 Å². The first-order valence-electron chi connectivity index (χ1n) is 10.2. The molecule has 7 heteroatoms. The third-order valence-corrected chi connectivity index (χ3v) is 6.48. The van der Waals surface area contributed by atoms with Gasteiger partial charge in [0.15, 0.2) is 11.0 Å². The molecule has 0 N–H and O–H groups in total. The number of likely N-dealkylation sites (tertiary alicyclic amines) is 1. The van der Waals surface area contributed by atoms with Gasteiger partial charge in [0.25, 0.3) is 0 Å². The van der Waals surface area contributed by atoms with Gasteiger partial charge in [-0.15, -0.1) is 10.2 Å². The van der Waals surface area contributed by atoms with Gasteiger partial charge in [-0.3, -0.25) is 9.47 Å². The van der Waals surface area contributed by atoms with Gasteiger partial charge in [0.05, 0.1) is 17.7 Å². The lowest BCUT2D eigenvalue weighted by atomic mass is 10.1. The lowest BCUT2D eigenvalue weighted by Crippen LogP contribution is -2.33. The Morgan fingerprint density at radius 2 is 1.87 bits per heavy atom. The molecule has 30 heavy (non-hydrogen) atoms. The predicted molar refractivity (Wildman–Crippen MR) is 116 cm³/mol. The van der Waals surface area contributed by atoms with Gasteiger partial charge in [-0.05, 0) is 74.8 Å². The van der Waals surface area contributed by atoms with Gasteiger partial charge in [0, 0.05) is 11.4 Å². The summed E-state index contributed by atoms with van der Waals surface area (Å²) >= 11 is 1.57. The van der Waals surface area contributed by atoms with Crippen molar-refractivity contribution in [3.8, 4) is 11.8 Å². The Balaban J connectivity index is 1.64. The van der Waals surface area contributed by atoms with Crippen LogP contribution in [0.2, 0.25) is 0 Å². The van der Waals surface area contributed by atoms with Crippen LogP contribution < -0.4 is 0 Å². The van der Waals surface area contributed by atoms with Gasteiger partial charge in [-0.25, -0.2) is 4.39 Å². The van der Waals surface area contributed by atoms with E-state index in [0.717, 1.165) is 35.3 Å². The van der Waals surface area contributed by atoms with Gasteiger partial charge in [0.1, 0.15) is 5.82 Å². The number of thioether (sulfide) groups is 1. The zero-order chi connectivity index (χ0) is 20.9. The molecular formula is C23H24FN5S. The molecule has 1 aromatic heterocycles. The van der Waals surface area contributed by atoms with Crippen LogP contribution in [-0.4, -0.2) is 32.8 Å². The predicted octanol–water partition coefficient (Wildman–Crippen LogP) is 5.12. The molecule has 3 aromatic rings. The summed E-state index contributed by atoms with van der Waals surface area (Å²) in [5.41, 5.74) is 2.55. The summed E-state index contributed by atoms with van der Waals surface area (Å²) in [4.78, 5) is 2.44. The molecule has 0 saturated carbocycles. The lowest BCUT2D eigenvalue weighted by Gasteiger charge is -2.31. The van der Waals surface area contributed by atoms with Crippen molar-refractivity contribution in [1.29, 1.82) is 5.26 Å². The summed E-state index contributed by atoms with van der Waals surface area (Å²) in [6.45, 7) is 4.28. The lowest BCUT2D eigenvalue weighted by molar-refractivity contribution is 0.167. The van der Waals surface area contributed by atoms with Crippen LogP contribution >= 0.6 is 11.8 Å². The van der Waals surface area contributed by atoms with Gasteiger partial charge in [-0.1, -0.05) is 30.3 Å². The quantitative estimate of drug-likeness (QED) is 0.517. The number of hydrogen-bond donors (Lipinski definition) is 0. The summed E-state index contributed by atoms with van der Waals surface area (Å²) < 4.78 is 15.6. The summed E-state index contributed by atoms with van der Waals surface area (Å²) in [6, 6.07) is 16.4. The minimum absolute atomic E-state index is 0.124. The Kier molecular flexibility index (Phi) is 6.46. The topological polar surface area (TPSA) is 57.7 Å². The monoisotopic (exact) mass is 421 g/mol. The molecule has 2 heterocycles. The molecule has 2 aromatic carbocycles. The molecule has 1 aliphatic heterocycles. The number of aromatic nitrogens is 3. The highest BCUT2D eigenvalue weighted by Crippen LogP contribution is 2.30. The van der Waals surface area contributed by atoms with Crippen LogP contribution in [0, 0.1) is 17.1 Å². The van der Waals surface area contributed by atoms with Crippen LogP contribution in [0.3, 0.4) is 0 Å². The molecule has 154 valence electrons. The number of nitrogens with zero attached hydrogens (tertiary/aromatic N) is 5. The zero-order valence-electron chi connectivity index (χ0n) is 17.0. The molecule has 1 atom stereocenters. The van der Waals surface area contributed by atoms with Crippen LogP contribution in [0.4, 0.5) is 4.39 Å². The smallest absolute Gasteiger partial charge is 0.196 e. The first kappa shape index (κ1) is 20.6. The van der Waals surface area contributed by atoms with E-state index in [1.54, 1.807) is 30.0 Å². The molecule has 0 amide bonds. The van der Waals surface area contributed by atoms with E-state index in [1.807, 2.05) is 22.8 Å². The molecule has 4 rings (SSSR count). The van der Waals surface area contributed by atoms with Crippen molar-refractivity contribution in [2.45, 2.75) is 43.1 Å². The number of nitriles is 1. The summed E-state index contributed by atoms with van der Waals surface area (Å²) in [5, 5.41) is 18.9. The molecular weight excluding hydrogens is 397 g/mol. The van der Waals surface area contributed by atoms with E-state index in [1.165, 1.54) is 31.4 Å². The largest absolute Gasteiger partial charge is 0.294 e. The maximum absolute atomic E-state index is 13.5. The van der Waals surface area contributed by atoms with Crippen LogP contribution in [0.5, 0.6) is 0 Å². The molecule has 1 saturated heterocycles. The van der Waals surface area contributed by atoms with Crippen LogP contribution in [0.1, 0.15) is 49.2 Å². The van der Waals surface area contributed by atoms with Gasteiger partial charge in [-0.2, -0.15) is 5.26 Å². The average Bonchev–Trinajstić information content (AvgIpc) is 3.22. The standard InChI is InChI=1S/C23H24FN5S/c1-17(28-12-3-2-4-13-28)22-26-27-23(29(22)21-10-8-20(24)9-11-21)30-16-19-7-5-6-18(14-19)15-25/h5-11,14,17H,2-4,12-13,16H2,1H3. The Labute approximate surface area is 180 Å². The molecule has 5 nitrogen and oxygen atoms in total. The normalized spacial score (nSPS) is 15.6. The second-order valence-corrected chi connectivity index (χ2v) is 8.47. The number of hydrogen-bond acceptors (Lipinski definition) is 5. The van der Waals surface area contributed by atoms with E-state index in [-0.39, 0.29) is 11.9 Å². The Bertz CT molecular complexity index is 1030. The molecule has 1 aliphatic rings. The fourth-order valence-electron chi connectivity index (χ4n) is 3.83. The van der Waals surface area contributed by atoms with E-state index in [9.17, 15) is 4.39 Å². The van der Waals surface area contributed by atoms with E-state index in [2.05, 4.69) is 28.1 Å². The van der Waals surface area contributed by atoms with Crippen molar-refractivity contribution < 1.29 is 4.39 Å². The number of benzene rings is 2. The highest BCUT2D eigenvalue weighted by molar-refractivity contribution is 7.98. The summed E-state index contributed by atoms with van der Waals surface area (Å²) in [5.74, 6) is 1.28. The van der Waals surface area contributed by atoms with E-state index >= 15 is 0 Å². The van der Waals surface area contributed by atoms with E-state index in [0.29, 0.717) is 11.3 Å². The third kappa shape index (κ3) is 4.55. The molecule has 0 bridgehead atoms. The van der Waals surface area contributed by atoms with Gasteiger partial charge >= 0.3 is 0 Å². The minimum atomic E-state index is -0.264. The average molecular weight is 422 g/mol. The van der Waals surface area contributed by atoms with Crippen molar-refractivity contribution >= 4 is 11.8 Å². The second kappa shape index (κ2) is 9.41. The minimum Gasteiger partial charge on any atom is -0.294 e. The number of rotatable bonds is 6. The Hall–Kier alpha value is -2.69. The molecule has 1 fully saturated rings. The van der Waals surface area contributed by atoms with Crippen LogP contribution in [0.25, 0.3) is 5.69 Å². The maximum Gasteiger partial charge on any atom is 0.196 e. The van der Waals surface area contributed by atoms with Crippen molar-refractivity contribution in [2.24, 2.45) is 0 Å². The molecule has 1 unspecified atom stereocenters. The highest BCUT2D eigenvalue weighted by atomic mass is 32.2. The fraction of sp³-hybridized carbons (Fsp3) is 0.348. The first-order chi connectivity index (χ1) is 14.7. The molecule has 0 spiro atoms. The van der Waals surface area contributed by atoms with Gasteiger partial charge in [0.2, 0.25) is 0 Å². The van der Waals surface area contributed by atoms with E-state index < -0.39 is 0 Å². The number of halogens is 1. The maximum atomic E-state index is 13.5. The first-order valence-corrected chi connectivity index (χ1v) is 11.2. The van der Waals surface area contributed by atoms with Crippen molar-refractivity contribution in [3.63, 3.8) is 0 Å². The van der Waals surface area contributed by atoms with Crippen LogP contribution in [0.15, 0.2) is 53.7 Å². The zero-order valence-corrected chi connectivity index (χ0v) is 17.8. The van der Waals surface area contributed by atoms with Gasteiger partial charge < -0.3 is 0 Å². The Morgan fingerprint density at radius 3 is 2.60 bits per heavy atom. The van der Waals surface area contributed by atoms with Crippen molar-refractivity contribution in [3.05, 3.63) is 71.3 Å². The summed E-state index contributed by atoms with van der Waals surface area (Å²) in [6.07, 6.45) is 3.68. The highest BCUT2D eigenvalue weighted by Gasteiger charge is 2.25. The SMILES string of the molecule is CC(c1nnc(SCc2cccc(C#N)c2)n1-c1ccc(F)cc1)N1CCCCC1. The third-order valence-electron chi connectivity index (χ3n) is 5.48. The molecule has 0 radical (unpaired) electrons. The van der Waals surface area contributed by atoms with E-state index in [4.69, 9.17) is 5.26 Å².